The number of hydrogen-bond acceptors (Lipinski definition) is 4. The Morgan fingerprint density at radius 1 is 0.967 bits per heavy atom. The zero-order valence-corrected chi connectivity index (χ0v) is 18.2. The molecule has 0 heterocycles. The number of amides is 3. The normalized spacial score (nSPS) is 11.7. The topological polar surface area (TPSA) is 81.8 Å². The predicted octanol–water partition coefficient (Wildman–Crippen LogP) is 2.27. The van der Waals surface area contributed by atoms with Crippen LogP contribution in [0.2, 0.25) is 0 Å². The van der Waals surface area contributed by atoms with Gasteiger partial charge in [-0.3, -0.25) is 19.3 Å². The van der Waals surface area contributed by atoms with Crippen LogP contribution in [-0.4, -0.2) is 61.3 Å². The van der Waals surface area contributed by atoms with Gasteiger partial charge in [0.15, 0.2) is 0 Å². The molecule has 2 N–H and O–H groups in total. The summed E-state index contributed by atoms with van der Waals surface area (Å²) in [7, 11) is 5.07. The average Bonchev–Trinajstić information content (AvgIpc) is 2.74. The van der Waals surface area contributed by atoms with Crippen LogP contribution >= 0.6 is 0 Å². The first-order valence-corrected chi connectivity index (χ1v) is 9.84. The van der Waals surface area contributed by atoms with E-state index in [1.807, 2.05) is 62.2 Å². The van der Waals surface area contributed by atoms with Crippen molar-refractivity contribution in [1.82, 2.24) is 15.1 Å². The van der Waals surface area contributed by atoms with Crippen molar-refractivity contribution >= 4 is 23.4 Å². The van der Waals surface area contributed by atoms with Crippen molar-refractivity contribution in [2.75, 3.05) is 33.0 Å². The second-order valence-electron chi connectivity index (χ2n) is 7.48. The highest BCUT2D eigenvalue weighted by Crippen LogP contribution is 2.11. The third-order valence-electron chi connectivity index (χ3n) is 4.99. The summed E-state index contributed by atoms with van der Waals surface area (Å²) in [5, 5.41) is 5.39. The van der Waals surface area contributed by atoms with Gasteiger partial charge in [0.2, 0.25) is 11.8 Å². The lowest BCUT2D eigenvalue weighted by Gasteiger charge is -2.28. The molecule has 0 radical (unpaired) electrons. The number of aryl methyl sites for hydroxylation is 1. The van der Waals surface area contributed by atoms with Crippen molar-refractivity contribution < 1.29 is 14.4 Å². The Morgan fingerprint density at radius 3 is 2.13 bits per heavy atom. The lowest BCUT2D eigenvalue weighted by molar-refractivity contribution is -0.137. The number of anilines is 1. The number of nitrogens with zero attached hydrogens (tertiary/aromatic N) is 2. The molecule has 160 valence electrons. The van der Waals surface area contributed by atoms with Crippen LogP contribution in [0.25, 0.3) is 0 Å². The molecule has 0 aliphatic heterocycles. The minimum atomic E-state index is -0.402. The number of rotatable bonds is 8. The van der Waals surface area contributed by atoms with Crippen LogP contribution in [0.5, 0.6) is 0 Å². The molecule has 0 saturated carbocycles. The zero-order chi connectivity index (χ0) is 22.3. The van der Waals surface area contributed by atoms with Crippen LogP contribution in [0.3, 0.4) is 0 Å². The van der Waals surface area contributed by atoms with Gasteiger partial charge in [-0.15, -0.1) is 0 Å². The molecule has 2 aromatic rings. The molecular weight excluding hydrogens is 380 g/mol. The highest BCUT2D eigenvalue weighted by molar-refractivity contribution is 5.95. The maximum Gasteiger partial charge on any atom is 0.251 e. The molecule has 0 bridgehead atoms. The summed E-state index contributed by atoms with van der Waals surface area (Å²) in [4.78, 5) is 40.0. The van der Waals surface area contributed by atoms with Gasteiger partial charge >= 0.3 is 0 Å². The van der Waals surface area contributed by atoms with E-state index in [-0.39, 0.29) is 24.3 Å². The van der Waals surface area contributed by atoms with Gasteiger partial charge in [-0.2, -0.15) is 0 Å². The van der Waals surface area contributed by atoms with Crippen molar-refractivity contribution in [3.05, 3.63) is 65.2 Å². The molecule has 0 spiro atoms. The van der Waals surface area contributed by atoms with Gasteiger partial charge in [0.25, 0.3) is 5.91 Å². The molecule has 0 saturated heterocycles. The molecule has 7 nitrogen and oxygen atoms in total. The molecule has 2 rings (SSSR count). The van der Waals surface area contributed by atoms with Crippen LogP contribution in [0, 0.1) is 6.92 Å². The fourth-order valence-electron chi connectivity index (χ4n) is 2.97. The van der Waals surface area contributed by atoms with E-state index < -0.39 is 6.04 Å². The summed E-state index contributed by atoms with van der Waals surface area (Å²) < 4.78 is 0. The first kappa shape index (κ1) is 23.1. The van der Waals surface area contributed by atoms with Crippen molar-refractivity contribution in [3.63, 3.8) is 0 Å². The van der Waals surface area contributed by atoms with Gasteiger partial charge in [0, 0.05) is 31.9 Å². The molecule has 2 aromatic carbocycles. The number of hydrogen-bond donors (Lipinski definition) is 2. The Labute approximate surface area is 178 Å². The van der Waals surface area contributed by atoms with E-state index in [9.17, 15) is 14.4 Å². The van der Waals surface area contributed by atoms with Gasteiger partial charge in [0.1, 0.15) is 0 Å². The van der Waals surface area contributed by atoms with Crippen LogP contribution in [-0.2, 0) is 16.1 Å². The summed E-state index contributed by atoms with van der Waals surface area (Å²) in [6, 6.07) is 14.4. The largest absolute Gasteiger partial charge is 0.355 e. The van der Waals surface area contributed by atoms with E-state index in [1.165, 1.54) is 4.90 Å². The fourth-order valence-corrected chi connectivity index (χ4v) is 2.97. The number of likely N-dealkylation sites (N-methyl/N-ethyl adjacent to an activating group) is 2. The van der Waals surface area contributed by atoms with Crippen LogP contribution in [0.15, 0.2) is 48.5 Å². The minimum absolute atomic E-state index is 0.0221. The highest BCUT2D eigenvalue weighted by Gasteiger charge is 2.23. The van der Waals surface area contributed by atoms with E-state index in [0.29, 0.717) is 17.8 Å². The SMILES string of the molecule is CNC(=O)c1ccc(CN(C)[C@@H](C)C(=O)N(C)CC(=O)Nc2ccc(C)cc2)cc1. The van der Waals surface area contributed by atoms with E-state index in [0.717, 1.165) is 11.1 Å². The number of benzene rings is 2. The van der Waals surface area contributed by atoms with Gasteiger partial charge in [-0.1, -0.05) is 29.8 Å². The fraction of sp³-hybridized carbons (Fsp3) is 0.348. The van der Waals surface area contributed by atoms with Gasteiger partial charge in [-0.05, 0) is 50.7 Å². The molecule has 0 aliphatic rings. The van der Waals surface area contributed by atoms with Gasteiger partial charge in [0.05, 0.1) is 12.6 Å². The van der Waals surface area contributed by atoms with Crippen LogP contribution in [0.1, 0.15) is 28.4 Å². The number of nitrogens with one attached hydrogen (secondary N) is 2. The van der Waals surface area contributed by atoms with Crippen molar-refractivity contribution in [2.24, 2.45) is 0 Å². The molecule has 1 atom stereocenters. The van der Waals surface area contributed by atoms with Gasteiger partial charge < -0.3 is 15.5 Å². The maximum atomic E-state index is 12.7. The van der Waals surface area contributed by atoms with Crippen molar-refractivity contribution in [2.45, 2.75) is 26.4 Å². The summed E-state index contributed by atoms with van der Waals surface area (Å²) in [6.45, 7) is 4.32. The van der Waals surface area contributed by atoms with E-state index >= 15 is 0 Å². The number of carbonyl (C=O) groups is 3. The zero-order valence-electron chi connectivity index (χ0n) is 18.2. The quantitative estimate of drug-likeness (QED) is 0.700. The molecule has 7 heteroatoms. The molecular formula is C23H30N4O3. The summed E-state index contributed by atoms with van der Waals surface area (Å²) in [6.07, 6.45) is 0. The third-order valence-corrected chi connectivity index (χ3v) is 4.99. The second-order valence-corrected chi connectivity index (χ2v) is 7.48. The predicted molar refractivity (Wildman–Crippen MR) is 118 cm³/mol. The molecule has 0 unspecified atom stereocenters. The molecule has 0 fully saturated rings. The Morgan fingerprint density at radius 2 is 1.57 bits per heavy atom. The first-order valence-electron chi connectivity index (χ1n) is 9.84. The second kappa shape index (κ2) is 10.5. The maximum absolute atomic E-state index is 12.7. The molecule has 0 aromatic heterocycles. The lowest BCUT2D eigenvalue weighted by Crippen LogP contribution is -2.46. The van der Waals surface area contributed by atoms with Crippen molar-refractivity contribution in [1.29, 1.82) is 0 Å². The molecule has 0 aliphatic carbocycles. The Balaban J connectivity index is 1.88. The summed E-state index contributed by atoms with van der Waals surface area (Å²) in [5.41, 5.74) is 3.40. The highest BCUT2D eigenvalue weighted by atomic mass is 16.2. The van der Waals surface area contributed by atoms with Crippen LogP contribution < -0.4 is 10.6 Å². The first-order chi connectivity index (χ1) is 14.2. The van der Waals surface area contributed by atoms with Crippen molar-refractivity contribution in [3.8, 4) is 0 Å². The molecule has 3 amide bonds. The van der Waals surface area contributed by atoms with Gasteiger partial charge in [-0.25, -0.2) is 0 Å². The number of carbonyl (C=O) groups excluding carboxylic acids is 3. The Hall–Kier alpha value is -3.19. The third kappa shape index (κ3) is 6.42. The van der Waals surface area contributed by atoms with Crippen LogP contribution in [0.4, 0.5) is 5.69 Å². The average molecular weight is 411 g/mol. The summed E-state index contributed by atoms with van der Waals surface area (Å²) in [5.74, 6) is -0.517. The molecule has 30 heavy (non-hydrogen) atoms. The summed E-state index contributed by atoms with van der Waals surface area (Å²) >= 11 is 0. The van der Waals surface area contributed by atoms with E-state index in [4.69, 9.17) is 0 Å². The standard InChI is InChI=1S/C23H30N4O3/c1-16-6-12-20(13-7-16)25-21(28)15-27(5)23(30)17(2)26(4)14-18-8-10-19(11-9-18)22(29)24-3/h6-13,17H,14-15H2,1-5H3,(H,24,29)(H,25,28)/t17-/m0/s1. The van der Waals surface area contributed by atoms with E-state index in [1.54, 1.807) is 26.2 Å². The lowest BCUT2D eigenvalue weighted by atomic mass is 10.1. The minimum Gasteiger partial charge on any atom is -0.355 e. The Kier molecular flexibility index (Phi) is 8.12. The van der Waals surface area contributed by atoms with E-state index in [2.05, 4.69) is 10.6 Å². The monoisotopic (exact) mass is 410 g/mol. The Bertz CT molecular complexity index is 878. The smallest absolute Gasteiger partial charge is 0.251 e.